The van der Waals surface area contributed by atoms with E-state index in [9.17, 15) is 0 Å². The SMILES string of the molecule is OC[C@@H](O)CN1CCNCC1. The van der Waals surface area contributed by atoms with Crippen LogP contribution < -0.4 is 5.32 Å². The summed E-state index contributed by atoms with van der Waals surface area (Å²) in [4.78, 5) is 2.15. The van der Waals surface area contributed by atoms with E-state index in [1.165, 1.54) is 0 Å². The first-order valence-corrected chi connectivity index (χ1v) is 4.05. The van der Waals surface area contributed by atoms with E-state index in [4.69, 9.17) is 10.2 Å². The second-order valence-corrected chi connectivity index (χ2v) is 2.89. The summed E-state index contributed by atoms with van der Waals surface area (Å²) in [6, 6.07) is 0. The van der Waals surface area contributed by atoms with Gasteiger partial charge in [0.15, 0.2) is 0 Å². The monoisotopic (exact) mass is 160 g/mol. The summed E-state index contributed by atoms with van der Waals surface area (Å²) in [6.07, 6.45) is -0.576. The van der Waals surface area contributed by atoms with E-state index < -0.39 is 6.10 Å². The standard InChI is InChI=1S/C7H16N2O2/c10-6-7(11)5-9-3-1-8-2-4-9/h7-8,10-11H,1-6H2/t7-/m0/s1. The van der Waals surface area contributed by atoms with Gasteiger partial charge in [0.25, 0.3) is 0 Å². The highest BCUT2D eigenvalue weighted by molar-refractivity contribution is 4.70. The highest BCUT2D eigenvalue weighted by Crippen LogP contribution is 1.94. The van der Waals surface area contributed by atoms with Gasteiger partial charge in [0.05, 0.1) is 12.7 Å². The van der Waals surface area contributed by atoms with E-state index in [1.54, 1.807) is 0 Å². The van der Waals surface area contributed by atoms with E-state index in [0.29, 0.717) is 6.54 Å². The van der Waals surface area contributed by atoms with Crippen LogP contribution in [0, 0.1) is 0 Å². The highest BCUT2D eigenvalue weighted by atomic mass is 16.3. The molecule has 1 aliphatic rings. The second-order valence-electron chi connectivity index (χ2n) is 2.89. The van der Waals surface area contributed by atoms with Gasteiger partial charge in [-0.3, -0.25) is 4.90 Å². The number of piperazine rings is 1. The molecule has 0 radical (unpaired) electrons. The Bertz CT molecular complexity index is 105. The number of hydrogen-bond acceptors (Lipinski definition) is 4. The van der Waals surface area contributed by atoms with Gasteiger partial charge < -0.3 is 15.5 Å². The molecule has 0 spiro atoms. The molecule has 0 saturated carbocycles. The van der Waals surface area contributed by atoms with Crippen molar-refractivity contribution in [2.75, 3.05) is 39.3 Å². The minimum Gasteiger partial charge on any atom is -0.394 e. The lowest BCUT2D eigenvalue weighted by Crippen LogP contribution is -2.46. The Balaban J connectivity index is 2.13. The molecule has 0 aromatic carbocycles. The van der Waals surface area contributed by atoms with Gasteiger partial charge in [-0.15, -0.1) is 0 Å². The largest absolute Gasteiger partial charge is 0.394 e. The lowest BCUT2D eigenvalue weighted by atomic mass is 10.3. The van der Waals surface area contributed by atoms with Gasteiger partial charge in [-0.25, -0.2) is 0 Å². The van der Waals surface area contributed by atoms with Crippen LogP contribution in [-0.2, 0) is 0 Å². The number of β-amino-alcohol motifs (C(OH)–C–C–N with tert-alkyl or cyclic N) is 1. The van der Waals surface area contributed by atoms with Gasteiger partial charge in [-0.05, 0) is 0 Å². The first-order chi connectivity index (χ1) is 5.33. The Kier molecular flexibility index (Phi) is 3.79. The van der Waals surface area contributed by atoms with Crippen molar-refractivity contribution < 1.29 is 10.2 Å². The van der Waals surface area contributed by atoms with Crippen LogP contribution in [0.3, 0.4) is 0 Å². The molecule has 1 atom stereocenters. The van der Waals surface area contributed by atoms with Crippen LogP contribution in [0.5, 0.6) is 0 Å². The van der Waals surface area contributed by atoms with Crippen molar-refractivity contribution in [2.24, 2.45) is 0 Å². The zero-order valence-electron chi connectivity index (χ0n) is 6.66. The normalized spacial score (nSPS) is 23.5. The fraction of sp³-hybridized carbons (Fsp3) is 1.00. The molecule has 11 heavy (non-hydrogen) atoms. The minimum atomic E-state index is -0.576. The van der Waals surface area contributed by atoms with Crippen molar-refractivity contribution in [3.63, 3.8) is 0 Å². The van der Waals surface area contributed by atoms with E-state index in [1.807, 2.05) is 0 Å². The number of aliphatic hydroxyl groups excluding tert-OH is 2. The molecule has 4 nitrogen and oxygen atoms in total. The molecular formula is C7H16N2O2. The summed E-state index contributed by atoms with van der Waals surface area (Å²) in [6.45, 7) is 4.37. The summed E-state index contributed by atoms with van der Waals surface area (Å²) in [5.41, 5.74) is 0. The zero-order valence-corrected chi connectivity index (χ0v) is 6.66. The predicted molar refractivity (Wildman–Crippen MR) is 42.4 cm³/mol. The highest BCUT2D eigenvalue weighted by Gasteiger charge is 2.12. The van der Waals surface area contributed by atoms with Crippen molar-refractivity contribution in [3.8, 4) is 0 Å². The number of nitrogens with zero attached hydrogens (tertiary/aromatic N) is 1. The van der Waals surface area contributed by atoms with Gasteiger partial charge in [0.1, 0.15) is 0 Å². The van der Waals surface area contributed by atoms with Crippen LogP contribution in [0.1, 0.15) is 0 Å². The first kappa shape index (κ1) is 8.93. The summed E-state index contributed by atoms with van der Waals surface area (Å²) in [5.74, 6) is 0. The first-order valence-electron chi connectivity index (χ1n) is 4.05. The Labute approximate surface area is 66.8 Å². The maximum Gasteiger partial charge on any atom is 0.0897 e. The summed E-state index contributed by atoms with van der Waals surface area (Å²) in [7, 11) is 0. The zero-order chi connectivity index (χ0) is 8.10. The molecule has 0 aromatic rings. The van der Waals surface area contributed by atoms with Crippen molar-refractivity contribution in [3.05, 3.63) is 0 Å². The van der Waals surface area contributed by atoms with E-state index in [-0.39, 0.29) is 6.61 Å². The Morgan fingerprint density at radius 2 is 2.00 bits per heavy atom. The number of hydrogen-bond donors (Lipinski definition) is 3. The van der Waals surface area contributed by atoms with Crippen molar-refractivity contribution in [2.45, 2.75) is 6.10 Å². The molecule has 0 amide bonds. The van der Waals surface area contributed by atoms with Gasteiger partial charge in [-0.2, -0.15) is 0 Å². The fourth-order valence-corrected chi connectivity index (χ4v) is 1.25. The maximum absolute atomic E-state index is 9.10. The number of nitrogens with one attached hydrogen (secondary N) is 1. The average Bonchev–Trinajstić information content (AvgIpc) is 2.06. The fourth-order valence-electron chi connectivity index (χ4n) is 1.25. The molecule has 4 heteroatoms. The molecule has 1 aliphatic heterocycles. The van der Waals surface area contributed by atoms with Crippen molar-refractivity contribution in [1.29, 1.82) is 0 Å². The molecule has 66 valence electrons. The summed E-state index contributed by atoms with van der Waals surface area (Å²) < 4.78 is 0. The lowest BCUT2D eigenvalue weighted by molar-refractivity contribution is 0.0555. The molecule has 0 bridgehead atoms. The van der Waals surface area contributed by atoms with Gasteiger partial charge in [0.2, 0.25) is 0 Å². The third-order valence-corrected chi connectivity index (χ3v) is 1.89. The van der Waals surface area contributed by atoms with Gasteiger partial charge >= 0.3 is 0 Å². The van der Waals surface area contributed by atoms with Gasteiger partial charge in [0, 0.05) is 32.7 Å². The maximum atomic E-state index is 9.10. The molecule has 0 aromatic heterocycles. The summed E-state index contributed by atoms with van der Waals surface area (Å²) >= 11 is 0. The second kappa shape index (κ2) is 4.66. The quantitative estimate of drug-likeness (QED) is 0.458. The molecule has 1 rings (SSSR count). The van der Waals surface area contributed by atoms with E-state index in [2.05, 4.69) is 10.2 Å². The average molecular weight is 160 g/mol. The third-order valence-electron chi connectivity index (χ3n) is 1.89. The van der Waals surface area contributed by atoms with Crippen LogP contribution in [0.4, 0.5) is 0 Å². The van der Waals surface area contributed by atoms with Crippen molar-refractivity contribution >= 4 is 0 Å². The van der Waals surface area contributed by atoms with Crippen LogP contribution in [0.2, 0.25) is 0 Å². The van der Waals surface area contributed by atoms with E-state index in [0.717, 1.165) is 26.2 Å². The molecule has 1 saturated heterocycles. The van der Waals surface area contributed by atoms with E-state index >= 15 is 0 Å². The van der Waals surface area contributed by atoms with Crippen LogP contribution in [-0.4, -0.2) is 60.5 Å². The van der Waals surface area contributed by atoms with Crippen LogP contribution >= 0.6 is 0 Å². The Morgan fingerprint density at radius 3 is 2.55 bits per heavy atom. The van der Waals surface area contributed by atoms with Crippen LogP contribution in [0.25, 0.3) is 0 Å². The molecule has 1 heterocycles. The molecular weight excluding hydrogens is 144 g/mol. The Hall–Kier alpha value is -0.160. The van der Waals surface area contributed by atoms with Crippen LogP contribution in [0.15, 0.2) is 0 Å². The molecule has 1 fully saturated rings. The predicted octanol–water partition coefficient (Wildman–Crippen LogP) is -1.76. The molecule has 3 N–H and O–H groups in total. The number of rotatable bonds is 3. The number of aliphatic hydroxyl groups is 2. The topological polar surface area (TPSA) is 55.7 Å². The summed E-state index contributed by atoms with van der Waals surface area (Å²) in [5, 5.41) is 20.9. The van der Waals surface area contributed by atoms with Gasteiger partial charge in [-0.1, -0.05) is 0 Å². The minimum absolute atomic E-state index is 0.135. The molecule has 0 aliphatic carbocycles. The smallest absolute Gasteiger partial charge is 0.0897 e. The molecule has 0 unspecified atom stereocenters. The lowest BCUT2D eigenvalue weighted by Gasteiger charge is -2.28. The third kappa shape index (κ3) is 3.16. The van der Waals surface area contributed by atoms with Crippen molar-refractivity contribution in [1.82, 2.24) is 10.2 Å². The Morgan fingerprint density at radius 1 is 1.36 bits per heavy atom.